The predicted molar refractivity (Wildman–Crippen MR) is 56.6 cm³/mol. The molecule has 1 aromatic carbocycles. The lowest BCUT2D eigenvalue weighted by atomic mass is 9.96. The number of aliphatic carboxylic acids is 1. The summed E-state index contributed by atoms with van der Waals surface area (Å²) < 4.78 is 4.88. The maximum atomic E-state index is 10.7. The van der Waals surface area contributed by atoms with E-state index in [1.165, 1.54) is 32.2 Å². The van der Waals surface area contributed by atoms with Crippen molar-refractivity contribution in [3.8, 4) is 11.5 Å². The summed E-state index contributed by atoms with van der Waals surface area (Å²) in [4.78, 5) is 10.7. The maximum Gasteiger partial charge on any atom is 0.335 e. The predicted octanol–water partition coefficient (Wildman–Crippen LogP) is 0.779. The largest absolute Gasteiger partial charge is 0.504 e. The summed E-state index contributed by atoms with van der Waals surface area (Å²) in [7, 11) is 1.40. The van der Waals surface area contributed by atoms with Gasteiger partial charge in [0.2, 0.25) is 0 Å². The fraction of sp³-hybridized carbons (Fsp3) is 0.364. The van der Waals surface area contributed by atoms with Crippen LogP contribution in [0.3, 0.4) is 0 Å². The molecule has 88 valence electrons. The molecule has 1 unspecified atom stereocenters. The summed E-state index contributed by atoms with van der Waals surface area (Å²) in [5, 5.41) is 27.7. The third kappa shape index (κ3) is 2.64. The molecule has 5 nitrogen and oxygen atoms in total. The first-order valence-corrected chi connectivity index (χ1v) is 4.68. The Bertz CT molecular complexity index is 397. The molecule has 16 heavy (non-hydrogen) atoms. The molecule has 1 aromatic rings. The monoisotopic (exact) mass is 226 g/mol. The third-order valence-electron chi connectivity index (χ3n) is 2.25. The molecule has 0 saturated heterocycles. The van der Waals surface area contributed by atoms with Gasteiger partial charge in [0.25, 0.3) is 0 Å². The lowest BCUT2D eigenvalue weighted by Crippen LogP contribution is -2.37. The minimum Gasteiger partial charge on any atom is -0.504 e. The normalized spacial score (nSPS) is 14.2. The molecule has 0 saturated carbocycles. The van der Waals surface area contributed by atoms with Gasteiger partial charge in [-0.1, -0.05) is 6.07 Å². The molecule has 0 aliphatic heterocycles. The van der Waals surface area contributed by atoms with E-state index in [0.29, 0.717) is 5.56 Å². The van der Waals surface area contributed by atoms with Crippen molar-refractivity contribution in [2.24, 2.45) is 0 Å². The van der Waals surface area contributed by atoms with E-state index in [4.69, 9.17) is 9.84 Å². The Labute approximate surface area is 92.9 Å². The SMILES string of the molecule is COc1cc(CC(C)(O)C(=O)O)ccc1O. The van der Waals surface area contributed by atoms with Gasteiger partial charge in [-0.25, -0.2) is 4.79 Å². The molecule has 0 radical (unpaired) electrons. The van der Waals surface area contributed by atoms with Gasteiger partial charge in [0.05, 0.1) is 7.11 Å². The number of carbonyl (C=O) groups is 1. The highest BCUT2D eigenvalue weighted by Gasteiger charge is 2.30. The zero-order valence-electron chi connectivity index (χ0n) is 9.10. The molecule has 0 amide bonds. The third-order valence-corrected chi connectivity index (χ3v) is 2.25. The smallest absolute Gasteiger partial charge is 0.335 e. The molecule has 0 spiro atoms. The first-order valence-electron chi connectivity index (χ1n) is 4.68. The standard InChI is InChI=1S/C11H14O5/c1-11(15,10(13)14)6-7-3-4-8(12)9(5-7)16-2/h3-5,12,15H,6H2,1-2H3,(H,13,14). The highest BCUT2D eigenvalue weighted by atomic mass is 16.5. The lowest BCUT2D eigenvalue weighted by molar-refractivity contribution is -0.156. The van der Waals surface area contributed by atoms with Crippen molar-refractivity contribution >= 4 is 5.97 Å². The Morgan fingerprint density at radius 3 is 2.62 bits per heavy atom. The number of methoxy groups -OCH3 is 1. The summed E-state index contributed by atoms with van der Waals surface area (Å²) in [5.74, 6) is -1.07. The molecule has 1 atom stereocenters. The second-order valence-electron chi connectivity index (χ2n) is 3.76. The molecule has 0 fully saturated rings. The minimum absolute atomic E-state index is 0.0267. The number of rotatable bonds is 4. The fourth-order valence-corrected chi connectivity index (χ4v) is 1.31. The number of phenols is 1. The van der Waals surface area contributed by atoms with E-state index in [1.54, 1.807) is 0 Å². The Hall–Kier alpha value is -1.75. The zero-order chi connectivity index (χ0) is 12.3. The van der Waals surface area contributed by atoms with Crippen LogP contribution in [0.1, 0.15) is 12.5 Å². The Morgan fingerprint density at radius 2 is 2.12 bits per heavy atom. The number of hydrogen-bond acceptors (Lipinski definition) is 4. The molecule has 0 aliphatic rings. The first-order chi connectivity index (χ1) is 7.36. The summed E-state index contributed by atoms with van der Waals surface area (Å²) in [6, 6.07) is 4.42. The van der Waals surface area contributed by atoms with Gasteiger partial charge in [0, 0.05) is 6.42 Å². The van der Waals surface area contributed by atoms with Crippen LogP contribution in [0.15, 0.2) is 18.2 Å². The van der Waals surface area contributed by atoms with E-state index in [1.807, 2.05) is 0 Å². The molecular formula is C11H14O5. The molecule has 0 bridgehead atoms. The Kier molecular flexibility index (Phi) is 3.39. The van der Waals surface area contributed by atoms with Gasteiger partial charge >= 0.3 is 5.97 Å². The van der Waals surface area contributed by atoms with Crippen LogP contribution in [0.5, 0.6) is 11.5 Å². The number of benzene rings is 1. The number of carboxylic acid groups (broad SMARTS) is 1. The summed E-state index contributed by atoms with van der Waals surface area (Å²) in [6.45, 7) is 1.22. The van der Waals surface area contributed by atoms with Crippen molar-refractivity contribution < 1.29 is 24.9 Å². The summed E-state index contributed by atoms with van der Waals surface area (Å²) >= 11 is 0. The molecular weight excluding hydrogens is 212 g/mol. The van der Waals surface area contributed by atoms with Crippen molar-refractivity contribution in [1.29, 1.82) is 0 Å². The first kappa shape index (κ1) is 12.3. The number of ether oxygens (including phenoxy) is 1. The minimum atomic E-state index is -1.83. The maximum absolute atomic E-state index is 10.7. The van der Waals surface area contributed by atoms with Gasteiger partial charge in [-0.3, -0.25) is 0 Å². The van der Waals surface area contributed by atoms with Gasteiger partial charge in [0.15, 0.2) is 17.1 Å². The van der Waals surface area contributed by atoms with Crippen LogP contribution in [0, 0.1) is 0 Å². The van der Waals surface area contributed by atoms with E-state index in [-0.39, 0.29) is 17.9 Å². The van der Waals surface area contributed by atoms with E-state index in [0.717, 1.165) is 0 Å². The van der Waals surface area contributed by atoms with Crippen molar-refractivity contribution in [2.45, 2.75) is 18.9 Å². The number of phenolic OH excluding ortho intramolecular Hbond substituents is 1. The van der Waals surface area contributed by atoms with E-state index >= 15 is 0 Å². The van der Waals surface area contributed by atoms with Crippen LogP contribution in [0.25, 0.3) is 0 Å². The molecule has 1 rings (SSSR count). The summed E-state index contributed by atoms with van der Waals surface area (Å²) in [5.41, 5.74) is -1.26. The van der Waals surface area contributed by atoms with Crippen molar-refractivity contribution in [1.82, 2.24) is 0 Å². The number of carboxylic acids is 1. The van der Waals surface area contributed by atoms with Gasteiger partial charge in [-0.05, 0) is 24.6 Å². The van der Waals surface area contributed by atoms with E-state index in [2.05, 4.69) is 0 Å². The van der Waals surface area contributed by atoms with Crippen LogP contribution >= 0.6 is 0 Å². The van der Waals surface area contributed by atoms with E-state index in [9.17, 15) is 15.0 Å². The number of aliphatic hydroxyl groups is 1. The van der Waals surface area contributed by atoms with Crippen LogP contribution in [0.4, 0.5) is 0 Å². The van der Waals surface area contributed by atoms with Crippen molar-refractivity contribution in [3.05, 3.63) is 23.8 Å². The van der Waals surface area contributed by atoms with Gasteiger partial charge in [-0.2, -0.15) is 0 Å². The highest BCUT2D eigenvalue weighted by molar-refractivity contribution is 5.77. The number of hydrogen-bond donors (Lipinski definition) is 3. The van der Waals surface area contributed by atoms with Crippen molar-refractivity contribution in [2.75, 3.05) is 7.11 Å². The fourth-order valence-electron chi connectivity index (χ4n) is 1.31. The van der Waals surface area contributed by atoms with Crippen LogP contribution < -0.4 is 4.74 Å². The molecule has 3 N–H and O–H groups in total. The van der Waals surface area contributed by atoms with Gasteiger partial charge in [0.1, 0.15) is 0 Å². The lowest BCUT2D eigenvalue weighted by Gasteiger charge is -2.18. The summed E-state index contributed by atoms with van der Waals surface area (Å²) in [6.07, 6.45) is -0.0566. The second kappa shape index (κ2) is 4.40. The highest BCUT2D eigenvalue weighted by Crippen LogP contribution is 2.27. The van der Waals surface area contributed by atoms with Crippen LogP contribution in [-0.2, 0) is 11.2 Å². The van der Waals surface area contributed by atoms with Gasteiger partial charge in [-0.15, -0.1) is 0 Å². The topological polar surface area (TPSA) is 87.0 Å². The molecule has 0 heterocycles. The van der Waals surface area contributed by atoms with Crippen LogP contribution in [-0.4, -0.2) is 34.0 Å². The molecule has 5 heteroatoms. The average Bonchev–Trinajstić information content (AvgIpc) is 2.20. The molecule has 0 aliphatic carbocycles. The van der Waals surface area contributed by atoms with E-state index < -0.39 is 11.6 Å². The molecule has 0 aromatic heterocycles. The quantitative estimate of drug-likeness (QED) is 0.706. The second-order valence-corrected chi connectivity index (χ2v) is 3.76. The average molecular weight is 226 g/mol. The number of aromatic hydroxyl groups is 1. The Balaban J connectivity index is 2.94. The Morgan fingerprint density at radius 1 is 1.50 bits per heavy atom. The zero-order valence-corrected chi connectivity index (χ0v) is 9.10. The van der Waals surface area contributed by atoms with Crippen LogP contribution in [0.2, 0.25) is 0 Å². The van der Waals surface area contributed by atoms with Gasteiger partial charge < -0.3 is 20.1 Å². The van der Waals surface area contributed by atoms with Crippen molar-refractivity contribution in [3.63, 3.8) is 0 Å².